The van der Waals surface area contributed by atoms with Crippen molar-refractivity contribution < 1.29 is 5.11 Å². The maximum Gasteiger partial charge on any atom is 0.0837 e. The molecule has 3 N–H and O–H groups in total. The van der Waals surface area contributed by atoms with Crippen LogP contribution in [-0.4, -0.2) is 17.3 Å². The average molecular weight is 219 g/mol. The maximum absolute atomic E-state index is 10.5. The van der Waals surface area contributed by atoms with Gasteiger partial charge in [-0.25, -0.2) is 0 Å². The van der Waals surface area contributed by atoms with Gasteiger partial charge in [0.1, 0.15) is 0 Å². The molecule has 0 amide bonds. The number of hydrogen-bond acceptors (Lipinski definition) is 2. The van der Waals surface area contributed by atoms with Gasteiger partial charge < -0.3 is 10.8 Å². The SMILES string of the molecule is Cc1cccc(C)c1CC(O)(CN)C1CC1. The van der Waals surface area contributed by atoms with Crippen LogP contribution >= 0.6 is 0 Å². The molecule has 1 aromatic carbocycles. The Morgan fingerprint density at radius 1 is 1.31 bits per heavy atom. The standard InChI is InChI=1S/C14H21NO/c1-10-4-3-5-11(2)13(10)8-14(16,9-15)12-6-7-12/h3-5,12,16H,6-9,15H2,1-2H3. The molecule has 16 heavy (non-hydrogen) atoms. The molecule has 2 heteroatoms. The number of aryl methyl sites for hydroxylation is 2. The van der Waals surface area contributed by atoms with E-state index in [-0.39, 0.29) is 0 Å². The van der Waals surface area contributed by atoms with Crippen LogP contribution in [-0.2, 0) is 6.42 Å². The lowest BCUT2D eigenvalue weighted by Gasteiger charge is -2.28. The number of aliphatic hydroxyl groups is 1. The Morgan fingerprint density at radius 3 is 2.31 bits per heavy atom. The molecule has 0 saturated heterocycles. The van der Waals surface area contributed by atoms with E-state index in [1.54, 1.807) is 0 Å². The minimum Gasteiger partial charge on any atom is -0.388 e. The highest BCUT2D eigenvalue weighted by molar-refractivity contribution is 5.35. The Balaban J connectivity index is 2.25. The van der Waals surface area contributed by atoms with E-state index in [4.69, 9.17) is 5.73 Å². The van der Waals surface area contributed by atoms with E-state index in [1.807, 2.05) is 0 Å². The van der Waals surface area contributed by atoms with Gasteiger partial charge >= 0.3 is 0 Å². The molecule has 2 nitrogen and oxygen atoms in total. The van der Waals surface area contributed by atoms with E-state index in [9.17, 15) is 5.11 Å². The zero-order valence-electron chi connectivity index (χ0n) is 10.2. The fourth-order valence-electron chi connectivity index (χ4n) is 2.44. The van der Waals surface area contributed by atoms with Crippen LogP contribution < -0.4 is 5.73 Å². The van der Waals surface area contributed by atoms with E-state index in [0.717, 1.165) is 12.8 Å². The van der Waals surface area contributed by atoms with E-state index in [0.29, 0.717) is 18.9 Å². The Morgan fingerprint density at radius 2 is 1.88 bits per heavy atom. The molecule has 0 bridgehead atoms. The summed E-state index contributed by atoms with van der Waals surface area (Å²) >= 11 is 0. The van der Waals surface area contributed by atoms with E-state index >= 15 is 0 Å². The van der Waals surface area contributed by atoms with Crippen LogP contribution in [0.2, 0.25) is 0 Å². The quantitative estimate of drug-likeness (QED) is 0.813. The predicted molar refractivity (Wildman–Crippen MR) is 66.3 cm³/mol. The molecule has 1 atom stereocenters. The largest absolute Gasteiger partial charge is 0.388 e. The fraction of sp³-hybridized carbons (Fsp3) is 0.571. The molecule has 0 aliphatic heterocycles. The molecule has 0 spiro atoms. The van der Waals surface area contributed by atoms with Gasteiger partial charge in [0.2, 0.25) is 0 Å². The summed E-state index contributed by atoms with van der Waals surface area (Å²) in [5.41, 5.74) is 8.84. The zero-order chi connectivity index (χ0) is 11.8. The van der Waals surface area contributed by atoms with Crippen LogP contribution in [0.5, 0.6) is 0 Å². The molecule has 1 saturated carbocycles. The second-order valence-corrected chi connectivity index (χ2v) is 5.13. The molecule has 1 aromatic rings. The summed E-state index contributed by atoms with van der Waals surface area (Å²) < 4.78 is 0. The third-order valence-corrected chi connectivity index (χ3v) is 3.82. The van der Waals surface area contributed by atoms with Crippen molar-refractivity contribution >= 4 is 0 Å². The van der Waals surface area contributed by atoms with Crippen molar-refractivity contribution in [1.29, 1.82) is 0 Å². The first-order valence-corrected chi connectivity index (χ1v) is 6.04. The summed E-state index contributed by atoms with van der Waals surface area (Å²) in [6.45, 7) is 4.57. The third kappa shape index (κ3) is 2.13. The second-order valence-electron chi connectivity index (χ2n) is 5.13. The minimum atomic E-state index is -0.684. The Kier molecular flexibility index (Phi) is 3.04. The van der Waals surface area contributed by atoms with E-state index in [2.05, 4.69) is 32.0 Å². The van der Waals surface area contributed by atoms with Crippen molar-refractivity contribution in [2.75, 3.05) is 6.54 Å². The molecule has 88 valence electrons. The van der Waals surface area contributed by atoms with Crippen LogP contribution in [0, 0.1) is 19.8 Å². The van der Waals surface area contributed by atoms with Crippen LogP contribution in [0.3, 0.4) is 0 Å². The van der Waals surface area contributed by atoms with Gasteiger partial charge in [0.25, 0.3) is 0 Å². The van der Waals surface area contributed by atoms with Crippen LogP contribution in [0.25, 0.3) is 0 Å². The predicted octanol–water partition coefficient (Wildman–Crippen LogP) is 1.95. The smallest absolute Gasteiger partial charge is 0.0837 e. The number of benzene rings is 1. The lowest BCUT2D eigenvalue weighted by atomic mass is 9.86. The van der Waals surface area contributed by atoms with Crippen molar-refractivity contribution in [3.8, 4) is 0 Å². The lowest BCUT2D eigenvalue weighted by Crippen LogP contribution is -2.42. The van der Waals surface area contributed by atoms with Crippen molar-refractivity contribution in [3.05, 3.63) is 34.9 Å². The molecule has 1 fully saturated rings. The lowest BCUT2D eigenvalue weighted by molar-refractivity contribution is 0.0264. The Bertz CT molecular complexity index is 364. The van der Waals surface area contributed by atoms with Gasteiger partial charge in [0, 0.05) is 13.0 Å². The van der Waals surface area contributed by atoms with Crippen LogP contribution in [0.4, 0.5) is 0 Å². The van der Waals surface area contributed by atoms with Crippen molar-refractivity contribution in [2.24, 2.45) is 11.7 Å². The number of rotatable bonds is 4. The second kappa shape index (κ2) is 4.19. The summed E-state index contributed by atoms with van der Waals surface area (Å²) in [6, 6.07) is 6.27. The molecule has 1 aliphatic carbocycles. The summed E-state index contributed by atoms with van der Waals surface area (Å²) in [4.78, 5) is 0. The van der Waals surface area contributed by atoms with Crippen molar-refractivity contribution in [2.45, 2.75) is 38.7 Å². The van der Waals surface area contributed by atoms with Gasteiger partial charge in [0.05, 0.1) is 5.60 Å². The molecule has 0 radical (unpaired) electrons. The first-order valence-electron chi connectivity index (χ1n) is 6.04. The normalized spacial score (nSPS) is 19.5. The highest BCUT2D eigenvalue weighted by Crippen LogP contribution is 2.41. The van der Waals surface area contributed by atoms with Crippen LogP contribution in [0.1, 0.15) is 29.5 Å². The highest BCUT2D eigenvalue weighted by Gasteiger charge is 2.42. The maximum atomic E-state index is 10.5. The fourth-order valence-corrected chi connectivity index (χ4v) is 2.44. The van der Waals surface area contributed by atoms with Gasteiger partial charge in [-0.2, -0.15) is 0 Å². The van der Waals surface area contributed by atoms with Gasteiger partial charge in [-0.05, 0) is 49.3 Å². The van der Waals surface area contributed by atoms with Crippen molar-refractivity contribution in [3.63, 3.8) is 0 Å². The molecule has 0 aromatic heterocycles. The van der Waals surface area contributed by atoms with Gasteiger partial charge in [0.15, 0.2) is 0 Å². The average Bonchev–Trinajstić information content (AvgIpc) is 3.07. The molecule has 2 rings (SSSR count). The van der Waals surface area contributed by atoms with E-state index in [1.165, 1.54) is 16.7 Å². The highest BCUT2D eigenvalue weighted by atomic mass is 16.3. The first kappa shape index (κ1) is 11.6. The molecular formula is C14H21NO. The van der Waals surface area contributed by atoms with Gasteiger partial charge in [-0.3, -0.25) is 0 Å². The minimum absolute atomic E-state index is 0.367. The number of nitrogens with two attached hydrogens (primary N) is 1. The summed E-state index contributed by atoms with van der Waals surface area (Å²) in [5.74, 6) is 0.413. The van der Waals surface area contributed by atoms with Crippen molar-refractivity contribution in [1.82, 2.24) is 0 Å². The third-order valence-electron chi connectivity index (χ3n) is 3.82. The van der Waals surface area contributed by atoms with Gasteiger partial charge in [-0.1, -0.05) is 18.2 Å². The Labute approximate surface area is 97.5 Å². The molecule has 1 unspecified atom stereocenters. The molecule has 1 aliphatic rings. The van der Waals surface area contributed by atoms with E-state index < -0.39 is 5.60 Å². The Hall–Kier alpha value is -0.860. The molecule has 0 heterocycles. The first-order chi connectivity index (χ1) is 7.57. The zero-order valence-corrected chi connectivity index (χ0v) is 10.2. The van der Waals surface area contributed by atoms with Crippen LogP contribution in [0.15, 0.2) is 18.2 Å². The topological polar surface area (TPSA) is 46.2 Å². The summed E-state index contributed by atoms with van der Waals surface area (Å²) in [7, 11) is 0. The number of hydrogen-bond donors (Lipinski definition) is 2. The summed E-state index contributed by atoms with van der Waals surface area (Å²) in [6.07, 6.45) is 2.95. The summed E-state index contributed by atoms with van der Waals surface area (Å²) in [5, 5.41) is 10.5. The molecular weight excluding hydrogens is 198 g/mol. The van der Waals surface area contributed by atoms with Gasteiger partial charge in [-0.15, -0.1) is 0 Å². The monoisotopic (exact) mass is 219 g/mol.